The maximum atomic E-state index is 12.2. The van der Waals surface area contributed by atoms with Gasteiger partial charge in [0.1, 0.15) is 70.0 Å². The Hall–Kier alpha value is -13.3. The predicted octanol–water partition coefficient (Wildman–Crippen LogP) is 16.9. The van der Waals surface area contributed by atoms with Crippen molar-refractivity contribution in [2.24, 2.45) is 7.05 Å². The first kappa shape index (κ1) is 76.9. The summed E-state index contributed by atoms with van der Waals surface area (Å²) in [4.78, 5) is 85.2. The molecule has 16 rings (SSSR count). The van der Waals surface area contributed by atoms with Crippen LogP contribution in [-0.2, 0) is 29.7 Å². The van der Waals surface area contributed by atoms with E-state index in [9.17, 15) is 34.4 Å². The van der Waals surface area contributed by atoms with Gasteiger partial charge in [-0.05, 0) is 66.5 Å². The van der Waals surface area contributed by atoms with Gasteiger partial charge in [0.15, 0.2) is 5.79 Å². The number of aromatic amines is 3. The van der Waals surface area contributed by atoms with E-state index < -0.39 is 33.8 Å². The van der Waals surface area contributed by atoms with Crippen LogP contribution in [0.4, 0.5) is 11.4 Å². The van der Waals surface area contributed by atoms with Crippen molar-refractivity contribution in [2.45, 2.75) is 74.4 Å². The summed E-state index contributed by atoms with van der Waals surface area (Å²) in [7, 11) is 1.68. The summed E-state index contributed by atoms with van der Waals surface area (Å²) in [6, 6.07) is 63.5. The Balaban J connectivity index is 0.000000132. The fourth-order valence-corrected chi connectivity index (χ4v) is 12.3. The third kappa shape index (κ3) is 17.5. The number of ketones is 4. The van der Waals surface area contributed by atoms with E-state index in [4.69, 9.17) is 43.6 Å². The van der Waals surface area contributed by atoms with Gasteiger partial charge in [0, 0.05) is 87.0 Å². The molecule has 14 aromatic rings. The zero-order chi connectivity index (χ0) is 77.3. The molecule has 558 valence electrons. The number of carbonyl (C=O) groups is 4. The topological polar surface area (TPSA) is 335 Å². The second kappa shape index (κ2) is 35.2. The molecule has 0 saturated heterocycles. The maximum absolute atomic E-state index is 12.2. The number of aromatic nitrogens is 8. The number of phenols is 1. The summed E-state index contributed by atoms with van der Waals surface area (Å²) >= 11 is 0. The molecule has 6 N–H and O–H groups in total. The standard InChI is InChI=1S/C20H18N2O2.C17H14N2O3.C14H12N2O3.C13H10N2O3.C13H12N2O2.C7H16O2/c1-2-23-20-21-17-12-18(24-13-14-8-4-3-5-9-14)15-10-6-7-11-16(15)19(17)22-20;18-17-14-9-5-4-8-13(14)16(10-15(17)19(20)21)22-11-12-6-2-1-3-7-12;1-3-19-14-15-10-8-6-4-5-7-9(8)12(17)13(18)11(10)16(14)2;1-2-18-13-14-9-7-5-3-4-6-8(7)11(16)12(17)10(9)15-13;1-2-17-13-14-10-7-11(16)8-5-3-4-6-9(8)12(10)15-13;1-5-8-7(3,4)9-6-2/h3-12H,2,13H2,1H3,(H,21,22);1-10H,11,18H2;4-7H,3H2,1-2H3;3-6H,2H2,1H3,(H,14,15);3-7,16H,2H2,1H3,(H,14,15);5-6H2,1-4H3. The van der Waals surface area contributed by atoms with Gasteiger partial charge in [0.05, 0.1) is 48.5 Å². The van der Waals surface area contributed by atoms with Gasteiger partial charge in [0.25, 0.3) is 41.3 Å². The van der Waals surface area contributed by atoms with E-state index in [2.05, 4.69) is 59.2 Å². The number of nitrogens with two attached hydrogens (primary N) is 1. The second-order valence-corrected chi connectivity index (χ2v) is 24.7. The van der Waals surface area contributed by atoms with Crippen molar-refractivity contribution < 1.29 is 67.1 Å². The minimum Gasteiger partial charge on any atom is -0.507 e. The molecule has 25 nitrogen and oxygen atoms in total. The van der Waals surface area contributed by atoms with E-state index in [1.54, 1.807) is 67.7 Å². The fourth-order valence-electron chi connectivity index (χ4n) is 12.3. The number of rotatable bonds is 19. The number of hydrogen-bond acceptors (Lipinski definition) is 20. The van der Waals surface area contributed by atoms with Crippen molar-refractivity contribution in [3.63, 3.8) is 0 Å². The van der Waals surface area contributed by atoms with Crippen LogP contribution < -0.4 is 34.2 Å². The molecule has 4 heterocycles. The molecule has 0 saturated carbocycles. The van der Waals surface area contributed by atoms with Crippen molar-refractivity contribution in [3.8, 4) is 63.8 Å². The molecular weight excluding hydrogens is 1390 g/mol. The summed E-state index contributed by atoms with van der Waals surface area (Å²) in [5, 5.41) is 26.3. The quantitative estimate of drug-likeness (QED) is 0.0165. The van der Waals surface area contributed by atoms with Gasteiger partial charge < -0.3 is 63.7 Å². The number of imidazole rings is 4. The monoisotopic (exact) mass is 1470 g/mol. The zero-order valence-electron chi connectivity index (χ0n) is 61.6. The van der Waals surface area contributed by atoms with E-state index in [0.717, 1.165) is 65.9 Å². The number of carbonyl (C=O) groups excluding carboxylic acids is 4. The number of nitrogens with zero attached hydrogens (tertiary/aromatic N) is 6. The Labute approximate surface area is 627 Å². The Bertz CT molecular complexity index is 5590. The van der Waals surface area contributed by atoms with Crippen molar-refractivity contribution in [3.05, 3.63) is 244 Å². The summed E-state index contributed by atoms with van der Waals surface area (Å²) in [5.41, 5.74) is 15.1. The third-order valence-corrected chi connectivity index (χ3v) is 17.1. The summed E-state index contributed by atoms with van der Waals surface area (Å²) in [5.74, 6) is -0.951. The highest BCUT2D eigenvalue weighted by Gasteiger charge is 2.36. The molecule has 0 aliphatic heterocycles. The van der Waals surface area contributed by atoms with Gasteiger partial charge in [-0.3, -0.25) is 33.9 Å². The number of hydrogen-bond donors (Lipinski definition) is 5. The van der Waals surface area contributed by atoms with Crippen LogP contribution in [0.2, 0.25) is 0 Å². The number of Topliss-reactive ketones (excluding diaryl/α,β-unsaturated/α-hetero) is 4. The number of nitro groups is 1. The van der Waals surface area contributed by atoms with Gasteiger partial charge in [-0.2, -0.15) is 19.9 Å². The van der Waals surface area contributed by atoms with Gasteiger partial charge >= 0.3 is 0 Å². The van der Waals surface area contributed by atoms with Crippen molar-refractivity contribution in [2.75, 3.05) is 45.4 Å². The largest absolute Gasteiger partial charge is 0.507 e. The first-order valence-corrected chi connectivity index (χ1v) is 35.4. The maximum Gasteiger partial charge on any atom is 0.297 e. The molecule has 0 fully saturated rings. The number of ether oxygens (including phenoxy) is 8. The highest BCUT2D eigenvalue weighted by molar-refractivity contribution is 6.53. The Morgan fingerprint density at radius 3 is 1.37 bits per heavy atom. The third-order valence-electron chi connectivity index (χ3n) is 17.1. The van der Waals surface area contributed by atoms with Crippen LogP contribution in [0.25, 0.3) is 76.9 Å². The Kier molecular flexibility index (Phi) is 24.8. The molecule has 2 aliphatic carbocycles. The first-order valence-electron chi connectivity index (χ1n) is 35.4. The Morgan fingerprint density at radius 1 is 0.450 bits per heavy atom. The fraction of sp³-hybridized carbons (Fsp3) is 0.214. The van der Waals surface area contributed by atoms with Crippen molar-refractivity contribution in [1.29, 1.82) is 0 Å². The number of benzene rings is 10. The molecule has 2 aliphatic rings. The van der Waals surface area contributed by atoms with Crippen LogP contribution >= 0.6 is 0 Å². The lowest BCUT2D eigenvalue weighted by atomic mass is 9.90. The molecule has 109 heavy (non-hydrogen) atoms. The number of nitro benzene ring substituents is 1. The number of H-pyrrole nitrogens is 3. The van der Waals surface area contributed by atoms with Gasteiger partial charge in [0.2, 0.25) is 11.6 Å². The number of aromatic hydroxyl groups is 1. The van der Waals surface area contributed by atoms with Crippen LogP contribution in [0.15, 0.2) is 200 Å². The molecule has 25 heteroatoms. The number of nitrogen functional groups attached to an aromatic ring is 1. The first-order chi connectivity index (χ1) is 52.8. The zero-order valence-corrected chi connectivity index (χ0v) is 61.6. The summed E-state index contributed by atoms with van der Waals surface area (Å²) in [6.45, 7) is 19.6. The number of nitrogens with one attached hydrogen (secondary N) is 3. The molecule has 0 spiro atoms. The van der Waals surface area contributed by atoms with E-state index in [1.165, 1.54) is 10.6 Å². The van der Waals surface area contributed by atoms with Crippen LogP contribution in [-0.4, -0.2) is 118 Å². The lowest BCUT2D eigenvalue weighted by molar-refractivity contribution is -0.383. The molecule has 0 atom stereocenters. The Morgan fingerprint density at radius 2 is 0.862 bits per heavy atom. The SMILES string of the molecule is CCOC(C)(C)OCC.CCOc1nc2c([nH]1)C(=O)C(=O)c1ccccc1-2.CCOc1nc2c(cc(O)c3ccccc32)[nH]1.CCOc1nc2c(cc(OCc3ccccc3)c3ccccc32)[nH]1.CCOc1nc2c(n1C)C(=O)C(=O)c1ccccc1-2.Nc1c([N+](=O)[O-])cc(OCc2ccccc2)c2ccccc12. The highest BCUT2D eigenvalue weighted by atomic mass is 16.7. The highest BCUT2D eigenvalue weighted by Crippen LogP contribution is 2.40. The minimum absolute atomic E-state index is 0.137. The van der Waals surface area contributed by atoms with Crippen LogP contribution in [0, 0.1) is 10.1 Å². The van der Waals surface area contributed by atoms with Gasteiger partial charge in [-0.25, -0.2) is 0 Å². The molecule has 0 radical (unpaired) electrons. The van der Waals surface area contributed by atoms with E-state index in [0.29, 0.717) is 121 Å². The summed E-state index contributed by atoms with van der Waals surface area (Å²) in [6.07, 6.45) is 0. The second-order valence-electron chi connectivity index (χ2n) is 24.7. The molecule has 0 bridgehead atoms. The van der Waals surface area contributed by atoms with Crippen LogP contribution in [0.3, 0.4) is 0 Å². The lowest BCUT2D eigenvalue weighted by Gasteiger charge is -2.23. The predicted molar refractivity (Wildman–Crippen MR) is 417 cm³/mol. The smallest absolute Gasteiger partial charge is 0.297 e. The van der Waals surface area contributed by atoms with Crippen LogP contribution in [0.1, 0.15) is 108 Å². The van der Waals surface area contributed by atoms with E-state index in [1.807, 2.05) is 165 Å². The average molecular weight is 1470 g/mol. The molecule has 4 aromatic heterocycles. The number of fused-ring (bicyclic) bond motifs is 13. The molecule has 0 unspecified atom stereocenters. The van der Waals surface area contributed by atoms with E-state index >= 15 is 0 Å². The number of anilines is 1. The van der Waals surface area contributed by atoms with Crippen LogP contribution in [0.5, 0.6) is 41.3 Å². The van der Waals surface area contributed by atoms with E-state index in [-0.39, 0.29) is 28.8 Å². The molecular formula is C84H82N10O15. The molecule has 10 aromatic carbocycles. The van der Waals surface area contributed by atoms with Crippen molar-refractivity contribution in [1.82, 2.24) is 39.5 Å². The minimum atomic E-state index is -0.567. The van der Waals surface area contributed by atoms with Gasteiger partial charge in [-0.15, -0.1) is 0 Å². The summed E-state index contributed by atoms with van der Waals surface area (Å²) < 4.78 is 45.4. The molecule has 0 amide bonds. The van der Waals surface area contributed by atoms with Gasteiger partial charge in [-0.1, -0.05) is 182 Å². The normalized spacial score (nSPS) is 11.8. The number of phenolic OH excluding ortho intramolecular Hbond substituents is 1. The lowest BCUT2D eigenvalue weighted by Crippen LogP contribution is -2.28. The van der Waals surface area contributed by atoms with Crippen molar-refractivity contribution >= 4 is 88.9 Å². The average Bonchev–Trinajstić information content (AvgIpc) is 1.64.